The minimum absolute atomic E-state index is 0.0679. The van der Waals surface area contributed by atoms with Crippen LogP contribution in [0.5, 0.6) is 0 Å². The number of carbonyl (C=O) groups is 3. The molecule has 0 unspecified atom stereocenters. The van der Waals surface area contributed by atoms with Crippen LogP contribution in [0.2, 0.25) is 0 Å². The maximum Gasteiger partial charge on any atom is 0.340 e. The van der Waals surface area contributed by atoms with E-state index in [1.54, 1.807) is 18.2 Å². The van der Waals surface area contributed by atoms with Gasteiger partial charge in [-0.1, -0.05) is 12.1 Å². The predicted octanol–water partition coefficient (Wildman–Crippen LogP) is 0.706. The summed E-state index contributed by atoms with van der Waals surface area (Å²) in [6, 6.07) is 5.56. The summed E-state index contributed by atoms with van der Waals surface area (Å²) in [7, 11) is -3.02. The molecule has 3 N–H and O–H groups in total. The fourth-order valence-corrected chi connectivity index (χ4v) is 5.89. The Bertz CT molecular complexity index is 793. The summed E-state index contributed by atoms with van der Waals surface area (Å²) in [5, 5.41) is 1.70. The van der Waals surface area contributed by atoms with Crippen molar-refractivity contribution in [3.05, 3.63) is 29.8 Å². The number of hydrogen-bond acceptors (Lipinski definition) is 7. The molecule has 1 aliphatic rings. The van der Waals surface area contributed by atoms with Gasteiger partial charge >= 0.3 is 12.0 Å². The summed E-state index contributed by atoms with van der Waals surface area (Å²) < 4.78 is 28.2. The van der Waals surface area contributed by atoms with Crippen LogP contribution in [-0.2, 0) is 19.4 Å². The van der Waals surface area contributed by atoms with Gasteiger partial charge in [0.2, 0.25) is 0 Å². The quantitative estimate of drug-likeness (QED) is 0.712. The molecule has 0 aliphatic carbocycles. The summed E-state index contributed by atoms with van der Waals surface area (Å²) in [5.41, 5.74) is 5.08. The molecule has 2 rings (SSSR count). The van der Waals surface area contributed by atoms with Crippen molar-refractivity contribution >= 4 is 39.5 Å². The molecular formula is C15H18N2O6S2. The minimum atomic E-state index is -3.02. The molecule has 0 radical (unpaired) electrons. The maximum atomic E-state index is 12.3. The van der Waals surface area contributed by atoms with Gasteiger partial charge in [0.25, 0.3) is 5.91 Å². The topological polar surface area (TPSA) is 133 Å². The SMILES string of the molecule is C[C@@H](OC(=O)c1ccccc1S[C@@H]1CCS(=O)(=O)C1)C(=O)NC(N)=O. The largest absolute Gasteiger partial charge is 0.449 e. The van der Waals surface area contributed by atoms with E-state index in [-0.39, 0.29) is 22.3 Å². The van der Waals surface area contributed by atoms with E-state index < -0.39 is 33.8 Å². The highest BCUT2D eigenvalue weighted by Crippen LogP contribution is 2.33. The summed E-state index contributed by atoms with van der Waals surface area (Å²) in [6.07, 6.45) is -0.682. The van der Waals surface area contributed by atoms with Gasteiger partial charge in [-0.25, -0.2) is 18.0 Å². The van der Waals surface area contributed by atoms with Gasteiger partial charge in [0.15, 0.2) is 15.9 Å². The molecule has 1 aromatic carbocycles. The molecule has 1 aliphatic heterocycles. The fraction of sp³-hybridized carbons (Fsp3) is 0.400. The number of ether oxygens (including phenoxy) is 1. The van der Waals surface area contributed by atoms with E-state index in [4.69, 9.17) is 10.5 Å². The van der Waals surface area contributed by atoms with Crippen molar-refractivity contribution in [1.82, 2.24) is 5.32 Å². The number of thioether (sulfide) groups is 1. The predicted molar refractivity (Wildman–Crippen MR) is 92.0 cm³/mol. The number of rotatable bonds is 5. The first-order valence-corrected chi connectivity index (χ1v) is 10.2. The summed E-state index contributed by atoms with van der Waals surface area (Å²) in [6.45, 7) is 1.31. The van der Waals surface area contributed by atoms with E-state index in [0.29, 0.717) is 11.3 Å². The Kier molecular flexibility index (Phi) is 6.07. The number of urea groups is 1. The van der Waals surface area contributed by atoms with Gasteiger partial charge in [-0.15, -0.1) is 11.8 Å². The van der Waals surface area contributed by atoms with E-state index in [0.717, 1.165) is 0 Å². The summed E-state index contributed by atoms with van der Waals surface area (Å²) in [4.78, 5) is 35.2. The zero-order chi connectivity index (χ0) is 18.6. The van der Waals surface area contributed by atoms with Crippen molar-refractivity contribution in [2.75, 3.05) is 11.5 Å². The van der Waals surface area contributed by atoms with Crippen LogP contribution in [0.1, 0.15) is 23.7 Å². The Morgan fingerprint density at radius 2 is 2.00 bits per heavy atom. The normalized spacial score (nSPS) is 19.8. The second-order valence-corrected chi connectivity index (χ2v) is 9.11. The Balaban J connectivity index is 2.07. The minimum Gasteiger partial charge on any atom is -0.449 e. The Morgan fingerprint density at radius 1 is 1.32 bits per heavy atom. The number of sulfone groups is 1. The molecule has 1 saturated heterocycles. The number of benzene rings is 1. The highest BCUT2D eigenvalue weighted by molar-refractivity contribution is 8.02. The maximum absolute atomic E-state index is 12.3. The van der Waals surface area contributed by atoms with Crippen LogP contribution in [0.3, 0.4) is 0 Å². The number of amides is 3. The molecule has 136 valence electrons. The van der Waals surface area contributed by atoms with Gasteiger partial charge in [0, 0.05) is 10.1 Å². The van der Waals surface area contributed by atoms with Crippen molar-refractivity contribution in [3.63, 3.8) is 0 Å². The van der Waals surface area contributed by atoms with Gasteiger partial charge in [0.05, 0.1) is 17.1 Å². The zero-order valence-corrected chi connectivity index (χ0v) is 15.1. The second-order valence-electron chi connectivity index (χ2n) is 5.54. The number of nitrogens with one attached hydrogen (secondary N) is 1. The lowest BCUT2D eigenvalue weighted by Crippen LogP contribution is -2.42. The van der Waals surface area contributed by atoms with E-state index in [1.165, 1.54) is 24.8 Å². The van der Waals surface area contributed by atoms with Gasteiger partial charge in [-0.3, -0.25) is 10.1 Å². The van der Waals surface area contributed by atoms with Crippen LogP contribution in [-0.4, -0.2) is 49.2 Å². The number of esters is 1. The van der Waals surface area contributed by atoms with Crippen LogP contribution in [0, 0.1) is 0 Å². The summed E-state index contributed by atoms with van der Waals surface area (Å²) in [5.74, 6) is -1.36. The molecule has 1 fully saturated rings. The molecule has 10 heteroatoms. The first-order valence-electron chi connectivity index (χ1n) is 7.45. The van der Waals surface area contributed by atoms with Gasteiger partial charge in [0.1, 0.15) is 0 Å². The molecule has 1 heterocycles. The first-order chi connectivity index (χ1) is 11.7. The average molecular weight is 386 g/mol. The van der Waals surface area contributed by atoms with E-state index in [2.05, 4.69) is 0 Å². The summed E-state index contributed by atoms with van der Waals surface area (Å²) >= 11 is 1.30. The smallest absolute Gasteiger partial charge is 0.340 e. The van der Waals surface area contributed by atoms with Crippen molar-refractivity contribution in [2.45, 2.75) is 29.6 Å². The lowest BCUT2D eigenvalue weighted by Gasteiger charge is -2.15. The third kappa shape index (κ3) is 5.46. The van der Waals surface area contributed by atoms with Crippen molar-refractivity contribution in [2.24, 2.45) is 5.73 Å². The number of hydrogen-bond donors (Lipinski definition) is 2. The van der Waals surface area contributed by atoms with Crippen LogP contribution < -0.4 is 11.1 Å². The Labute approximate surface area is 149 Å². The van der Waals surface area contributed by atoms with Crippen LogP contribution in [0.4, 0.5) is 4.79 Å². The molecule has 0 aromatic heterocycles. The van der Waals surface area contributed by atoms with Crippen LogP contribution in [0.25, 0.3) is 0 Å². The van der Waals surface area contributed by atoms with Crippen molar-refractivity contribution in [3.8, 4) is 0 Å². The zero-order valence-electron chi connectivity index (χ0n) is 13.4. The molecule has 1 aromatic rings. The van der Waals surface area contributed by atoms with Crippen LogP contribution in [0.15, 0.2) is 29.2 Å². The van der Waals surface area contributed by atoms with Gasteiger partial charge < -0.3 is 10.5 Å². The molecule has 25 heavy (non-hydrogen) atoms. The third-order valence-corrected chi connectivity index (χ3v) is 6.82. The molecule has 8 nitrogen and oxygen atoms in total. The number of imide groups is 1. The monoisotopic (exact) mass is 386 g/mol. The second kappa shape index (κ2) is 7.87. The standard InChI is InChI=1S/C15H18N2O6S2/c1-9(13(18)17-15(16)20)23-14(19)11-4-2-3-5-12(11)24-10-6-7-25(21,22)8-10/h2-5,9-10H,6-8H2,1H3,(H3,16,17,18,20)/t9-,10-/m1/s1. The van der Waals surface area contributed by atoms with E-state index >= 15 is 0 Å². The fourth-order valence-electron chi connectivity index (χ4n) is 2.27. The third-order valence-electron chi connectivity index (χ3n) is 3.49. The van der Waals surface area contributed by atoms with Gasteiger partial charge in [-0.05, 0) is 25.5 Å². The van der Waals surface area contributed by atoms with Crippen LogP contribution >= 0.6 is 11.8 Å². The molecule has 0 spiro atoms. The highest BCUT2D eigenvalue weighted by atomic mass is 32.2. The molecule has 3 amide bonds. The first kappa shape index (κ1) is 19.3. The van der Waals surface area contributed by atoms with Crippen molar-refractivity contribution in [1.29, 1.82) is 0 Å². The molecular weight excluding hydrogens is 368 g/mol. The Hall–Kier alpha value is -2.07. The number of nitrogens with two attached hydrogens (primary N) is 1. The average Bonchev–Trinajstić information content (AvgIpc) is 2.85. The molecule has 0 saturated carbocycles. The van der Waals surface area contributed by atoms with Crippen molar-refractivity contribution < 1.29 is 27.5 Å². The van der Waals surface area contributed by atoms with E-state index in [9.17, 15) is 22.8 Å². The Morgan fingerprint density at radius 3 is 2.60 bits per heavy atom. The highest BCUT2D eigenvalue weighted by Gasteiger charge is 2.30. The van der Waals surface area contributed by atoms with E-state index in [1.807, 2.05) is 5.32 Å². The van der Waals surface area contributed by atoms with Gasteiger partial charge in [-0.2, -0.15) is 0 Å². The number of carbonyl (C=O) groups excluding carboxylic acids is 3. The number of primary amides is 1. The lowest BCUT2D eigenvalue weighted by molar-refractivity contribution is -0.127. The molecule has 2 atom stereocenters. The molecule has 0 bridgehead atoms. The lowest BCUT2D eigenvalue weighted by atomic mass is 10.2.